The van der Waals surface area contributed by atoms with E-state index < -0.39 is 11.7 Å². The number of carbonyl (C=O) groups is 2. The van der Waals surface area contributed by atoms with E-state index in [1.807, 2.05) is 32.0 Å². The van der Waals surface area contributed by atoms with E-state index in [2.05, 4.69) is 20.8 Å². The maximum atomic E-state index is 14.0. The molecule has 1 heterocycles. The van der Waals surface area contributed by atoms with Crippen LogP contribution in [0.4, 0.5) is 10.1 Å². The standard InChI is InChI=1S/C26H22Cl2FN5O2S/c1-15-7-8-16(2)22(11-15)31-24(35)14-37-26-33-32-23(34(26)17-9-10-19(27)20(28)12-17)13-30-25(36)18-5-3-4-6-21(18)29/h3-12H,13-14H2,1-2H3,(H,30,36)(H,31,35). The highest BCUT2D eigenvalue weighted by Crippen LogP contribution is 2.28. The molecule has 0 bridgehead atoms. The molecule has 0 aliphatic rings. The van der Waals surface area contributed by atoms with E-state index in [-0.39, 0.29) is 23.8 Å². The summed E-state index contributed by atoms with van der Waals surface area (Å²) in [5, 5.41) is 15.1. The fourth-order valence-corrected chi connectivity index (χ4v) is 4.54. The monoisotopic (exact) mass is 557 g/mol. The van der Waals surface area contributed by atoms with Crippen molar-refractivity contribution in [2.45, 2.75) is 25.5 Å². The molecular weight excluding hydrogens is 536 g/mol. The van der Waals surface area contributed by atoms with Crippen LogP contribution in [-0.4, -0.2) is 32.3 Å². The first-order valence-corrected chi connectivity index (χ1v) is 12.9. The summed E-state index contributed by atoms with van der Waals surface area (Å²) >= 11 is 13.5. The van der Waals surface area contributed by atoms with Gasteiger partial charge in [-0.2, -0.15) is 0 Å². The summed E-state index contributed by atoms with van der Waals surface area (Å²) in [7, 11) is 0. The average Bonchev–Trinajstić information content (AvgIpc) is 3.28. The molecular formula is C26H22Cl2FN5O2S. The van der Waals surface area contributed by atoms with Crippen molar-refractivity contribution >= 4 is 52.5 Å². The van der Waals surface area contributed by atoms with Crippen molar-refractivity contribution in [2.75, 3.05) is 11.1 Å². The van der Waals surface area contributed by atoms with Crippen LogP contribution < -0.4 is 10.6 Å². The molecule has 4 aromatic rings. The number of halogens is 3. The molecule has 2 N–H and O–H groups in total. The number of nitrogens with one attached hydrogen (secondary N) is 2. The number of hydrogen-bond acceptors (Lipinski definition) is 5. The number of amides is 2. The van der Waals surface area contributed by atoms with Crippen LogP contribution >= 0.6 is 35.0 Å². The summed E-state index contributed by atoms with van der Waals surface area (Å²) in [4.78, 5) is 25.2. The Hall–Kier alpha value is -3.40. The van der Waals surface area contributed by atoms with Crippen molar-refractivity contribution in [3.63, 3.8) is 0 Å². The number of benzene rings is 3. The predicted molar refractivity (Wildman–Crippen MR) is 144 cm³/mol. The Kier molecular flexibility index (Phi) is 8.48. The van der Waals surface area contributed by atoms with Gasteiger partial charge in [0.15, 0.2) is 11.0 Å². The number of carbonyl (C=O) groups excluding carboxylic acids is 2. The molecule has 0 aliphatic heterocycles. The zero-order valence-corrected chi connectivity index (χ0v) is 22.2. The van der Waals surface area contributed by atoms with Crippen LogP contribution in [0.15, 0.2) is 65.8 Å². The SMILES string of the molecule is Cc1ccc(C)c(NC(=O)CSc2nnc(CNC(=O)c3ccccc3F)n2-c2ccc(Cl)c(Cl)c2)c1. The Morgan fingerprint density at radius 2 is 1.78 bits per heavy atom. The molecule has 4 rings (SSSR count). The van der Waals surface area contributed by atoms with Crippen LogP contribution in [0.3, 0.4) is 0 Å². The number of aryl methyl sites for hydroxylation is 2. The maximum absolute atomic E-state index is 14.0. The molecule has 0 atom stereocenters. The summed E-state index contributed by atoms with van der Waals surface area (Å²) in [6, 6.07) is 16.5. The largest absolute Gasteiger partial charge is 0.345 e. The first-order chi connectivity index (χ1) is 17.7. The van der Waals surface area contributed by atoms with Gasteiger partial charge in [-0.05, 0) is 61.4 Å². The van der Waals surface area contributed by atoms with Crippen molar-refractivity contribution in [1.29, 1.82) is 0 Å². The third kappa shape index (κ3) is 6.49. The number of nitrogens with zero attached hydrogens (tertiary/aromatic N) is 3. The first kappa shape index (κ1) is 26.7. The van der Waals surface area contributed by atoms with Gasteiger partial charge in [0, 0.05) is 5.69 Å². The molecule has 0 unspecified atom stereocenters. The lowest BCUT2D eigenvalue weighted by Gasteiger charge is -2.12. The van der Waals surface area contributed by atoms with E-state index in [0.29, 0.717) is 26.7 Å². The van der Waals surface area contributed by atoms with Gasteiger partial charge < -0.3 is 10.6 Å². The van der Waals surface area contributed by atoms with Crippen LogP contribution in [0.5, 0.6) is 0 Å². The Morgan fingerprint density at radius 3 is 2.54 bits per heavy atom. The lowest BCUT2D eigenvalue weighted by molar-refractivity contribution is -0.113. The third-order valence-electron chi connectivity index (χ3n) is 5.39. The Morgan fingerprint density at radius 1 is 1.00 bits per heavy atom. The first-order valence-electron chi connectivity index (χ1n) is 11.2. The second kappa shape index (κ2) is 11.8. The number of anilines is 1. The van der Waals surface area contributed by atoms with E-state index in [0.717, 1.165) is 16.8 Å². The normalized spacial score (nSPS) is 10.8. The average molecular weight is 558 g/mol. The molecule has 0 saturated heterocycles. The molecule has 7 nitrogen and oxygen atoms in total. The molecule has 190 valence electrons. The summed E-state index contributed by atoms with van der Waals surface area (Å²) in [6.45, 7) is 3.83. The number of rotatable bonds is 8. The molecule has 0 fully saturated rings. The van der Waals surface area contributed by atoms with Crippen molar-refractivity contribution in [3.8, 4) is 5.69 Å². The zero-order chi connectivity index (χ0) is 26.5. The minimum absolute atomic E-state index is 0.0460. The van der Waals surface area contributed by atoms with Crippen LogP contribution in [0.25, 0.3) is 5.69 Å². The summed E-state index contributed by atoms with van der Waals surface area (Å²) in [6.07, 6.45) is 0. The Balaban J connectivity index is 1.55. The third-order valence-corrected chi connectivity index (χ3v) is 7.05. The van der Waals surface area contributed by atoms with Crippen molar-refractivity contribution in [3.05, 3.63) is 99.0 Å². The fraction of sp³-hybridized carbons (Fsp3) is 0.154. The quantitative estimate of drug-likeness (QED) is 0.260. The van der Waals surface area contributed by atoms with Gasteiger partial charge in [0.25, 0.3) is 5.91 Å². The van der Waals surface area contributed by atoms with Gasteiger partial charge in [0.05, 0.1) is 33.6 Å². The van der Waals surface area contributed by atoms with Crippen molar-refractivity contribution in [1.82, 2.24) is 20.1 Å². The number of hydrogen-bond donors (Lipinski definition) is 2. The molecule has 0 radical (unpaired) electrons. The Bertz CT molecular complexity index is 1480. The summed E-state index contributed by atoms with van der Waals surface area (Å²) in [5.74, 6) is -1.01. The highest BCUT2D eigenvalue weighted by molar-refractivity contribution is 7.99. The molecule has 11 heteroatoms. The summed E-state index contributed by atoms with van der Waals surface area (Å²) < 4.78 is 15.7. The van der Waals surface area contributed by atoms with Crippen LogP contribution in [0.2, 0.25) is 10.0 Å². The van der Waals surface area contributed by atoms with Crippen molar-refractivity contribution in [2.24, 2.45) is 0 Å². The van der Waals surface area contributed by atoms with Crippen LogP contribution in [-0.2, 0) is 11.3 Å². The highest BCUT2D eigenvalue weighted by Gasteiger charge is 2.19. The van der Waals surface area contributed by atoms with Crippen LogP contribution in [0, 0.1) is 19.7 Å². The van der Waals surface area contributed by atoms with E-state index in [1.54, 1.807) is 28.8 Å². The second-order valence-corrected chi connectivity index (χ2v) is 9.91. The van der Waals surface area contributed by atoms with E-state index >= 15 is 0 Å². The number of aromatic nitrogens is 3. The van der Waals surface area contributed by atoms with Crippen LogP contribution in [0.1, 0.15) is 27.3 Å². The van der Waals surface area contributed by atoms with E-state index in [4.69, 9.17) is 23.2 Å². The lowest BCUT2D eigenvalue weighted by atomic mass is 10.1. The van der Waals surface area contributed by atoms with E-state index in [9.17, 15) is 14.0 Å². The van der Waals surface area contributed by atoms with Gasteiger partial charge in [-0.1, -0.05) is 59.2 Å². The minimum Gasteiger partial charge on any atom is -0.345 e. The maximum Gasteiger partial charge on any atom is 0.254 e. The molecule has 37 heavy (non-hydrogen) atoms. The van der Waals surface area contributed by atoms with E-state index in [1.165, 1.54) is 30.0 Å². The Labute approximate surface area is 227 Å². The number of thioether (sulfide) groups is 1. The molecule has 2 amide bonds. The van der Waals surface area contributed by atoms with Gasteiger partial charge in [0.2, 0.25) is 5.91 Å². The predicted octanol–water partition coefficient (Wildman–Crippen LogP) is 5.99. The second-order valence-electron chi connectivity index (χ2n) is 8.15. The molecule has 3 aromatic carbocycles. The zero-order valence-electron chi connectivity index (χ0n) is 19.9. The van der Waals surface area contributed by atoms with Gasteiger partial charge in [-0.3, -0.25) is 14.2 Å². The minimum atomic E-state index is -0.628. The summed E-state index contributed by atoms with van der Waals surface area (Å²) in [5.41, 5.74) is 3.24. The van der Waals surface area contributed by atoms with Gasteiger partial charge in [-0.15, -0.1) is 10.2 Å². The lowest BCUT2D eigenvalue weighted by Crippen LogP contribution is -2.25. The molecule has 0 saturated carbocycles. The molecule has 1 aromatic heterocycles. The molecule has 0 aliphatic carbocycles. The van der Waals surface area contributed by atoms with Crippen molar-refractivity contribution < 1.29 is 14.0 Å². The topological polar surface area (TPSA) is 88.9 Å². The van der Waals surface area contributed by atoms with Gasteiger partial charge in [-0.25, -0.2) is 4.39 Å². The van der Waals surface area contributed by atoms with Gasteiger partial charge in [0.1, 0.15) is 5.82 Å². The highest BCUT2D eigenvalue weighted by atomic mass is 35.5. The fourth-order valence-electron chi connectivity index (χ4n) is 3.48. The smallest absolute Gasteiger partial charge is 0.254 e. The molecule has 0 spiro atoms. The van der Waals surface area contributed by atoms with Gasteiger partial charge >= 0.3 is 0 Å².